The Morgan fingerprint density at radius 3 is 0.760 bits per heavy atom. The average Bonchev–Trinajstić information content (AvgIpc) is 3.09. The second-order valence-electron chi connectivity index (χ2n) is 13.9. The van der Waals surface area contributed by atoms with Crippen molar-refractivity contribution in [3.63, 3.8) is 0 Å². The Morgan fingerprint density at radius 2 is 0.640 bits per heavy atom. The summed E-state index contributed by atoms with van der Waals surface area (Å²) >= 11 is 0.300. The van der Waals surface area contributed by atoms with Crippen LogP contribution in [-0.4, -0.2) is 34.9 Å². The Kier molecular flexibility index (Phi) is 70.5. The monoisotopic (exact) mass is 787 g/mol. The predicted molar refractivity (Wildman–Crippen MR) is 211 cm³/mol. The van der Waals surface area contributed by atoms with Crippen molar-refractivity contribution in [2.75, 3.05) is 0 Å². The van der Waals surface area contributed by atoms with Crippen LogP contribution >= 0.6 is 0 Å². The van der Waals surface area contributed by atoms with Crippen LogP contribution in [0.2, 0.25) is 0 Å². The fraction of sp³-hybridized carbons (Fsp3) is 0.884. The van der Waals surface area contributed by atoms with Gasteiger partial charge in [-0.25, -0.2) is 4.79 Å². The number of carbonyl (C=O) groups excluding carboxylic acids is 2. The van der Waals surface area contributed by atoms with Crippen LogP contribution in [0.4, 0.5) is 0 Å². The maximum absolute atomic E-state index is 10.0. The molecule has 2 N–H and O–H groups in total. The van der Waals surface area contributed by atoms with Gasteiger partial charge in [-0.05, 0) is 20.8 Å². The molecule has 0 unspecified atom stereocenters. The summed E-state index contributed by atoms with van der Waals surface area (Å²) in [5.74, 6) is -0.935. The van der Waals surface area contributed by atoms with Gasteiger partial charge in [0.05, 0.1) is 0 Å². The molecule has 0 aromatic heterocycles. The van der Waals surface area contributed by atoms with E-state index in [0.29, 0.717) is 37.6 Å². The summed E-state index contributed by atoms with van der Waals surface area (Å²) in [7, 11) is 0. The van der Waals surface area contributed by atoms with Crippen molar-refractivity contribution in [2.24, 2.45) is 0 Å². The molecule has 0 amide bonds. The number of hydrogen-bond acceptors (Lipinski definition) is 5. The molecule has 0 aromatic carbocycles. The first kappa shape index (κ1) is 58.5. The van der Waals surface area contributed by atoms with Crippen LogP contribution < -0.4 is 0 Å². The van der Waals surface area contributed by atoms with Gasteiger partial charge in [0, 0.05) is 11.7 Å². The van der Waals surface area contributed by atoms with Crippen molar-refractivity contribution in [3.8, 4) is 0 Å². The fourth-order valence-corrected chi connectivity index (χ4v) is 5.14. The Bertz CT molecular complexity index is 588. The summed E-state index contributed by atoms with van der Waals surface area (Å²) in [4.78, 5) is 29.6. The molecule has 0 fully saturated rings. The summed E-state index contributed by atoms with van der Waals surface area (Å²) in [6.07, 6.45) is 46.2. The summed E-state index contributed by atoms with van der Waals surface area (Å²) in [5.41, 5.74) is 0.176. The molecule has 0 saturated carbocycles. The van der Waals surface area contributed by atoms with E-state index in [4.69, 9.17) is 13.0 Å². The quantitative estimate of drug-likeness (QED) is 0.0389. The standard InChI is InChI=1S/2C18H35O.C4H6O2.C3H8O.O.Zr/c2*1-2-3-4-5-6-7-8-9-10-11-12-13-14-15-16-17-18-19;1-3(2)4(5)6;1-3(2)4;;/h2*2-17H2,1H3;1H2,2H3,(H,5,6);3-4H,1-2H3;;/q2*-1;;;;+2. The van der Waals surface area contributed by atoms with Gasteiger partial charge in [0.1, 0.15) is 0 Å². The second-order valence-corrected chi connectivity index (χ2v) is 13.9. The Hall–Kier alpha value is -0.807. The third kappa shape index (κ3) is 81.3. The predicted octanol–water partition coefficient (Wildman–Crippen LogP) is 13.6. The van der Waals surface area contributed by atoms with E-state index in [2.05, 4.69) is 20.4 Å². The van der Waals surface area contributed by atoms with E-state index >= 15 is 0 Å². The minimum atomic E-state index is -0.935. The Labute approximate surface area is 327 Å². The first-order valence-corrected chi connectivity index (χ1v) is 21.7. The third-order valence-corrected chi connectivity index (χ3v) is 8.13. The molecular weight excluding hydrogens is 704 g/mol. The van der Waals surface area contributed by atoms with Gasteiger partial charge in [0.25, 0.3) is 0 Å². The van der Waals surface area contributed by atoms with Crippen LogP contribution in [0, 0.1) is 0 Å². The SMILES string of the molecule is C=C(C)C(=O)O.CC(C)O.CCCCCCCCCCCCCCCCC[C-]=O.CCCCCCCCCCCCCCCCC[C-]=O.[O]=[Zr+2]. The van der Waals surface area contributed by atoms with Gasteiger partial charge in [-0.1, -0.05) is 213 Å². The van der Waals surface area contributed by atoms with Crippen molar-refractivity contribution in [1.29, 1.82) is 0 Å². The summed E-state index contributed by atoms with van der Waals surface area (Å²) in [6.45, 7) is 12.6. The van der Waals surface area contributed by atoms with Gasteiger partial charge < -0.3 is 19.8 Å². The summed E-state index contributed by atoms with van der Waals surface area (Å²) in [6, 6.07) is 0. The van der Waals surface area contributed by atoms with Crippen LogP contribution in [0.1, 0.15) is 240 Å². The van der Waals surface area contributed by atoms with Gasteiger partial charge in [-0.3, -0.25) is 12.6 Å². The molecule has 6 nitrogen and oxygen atoms in total. The zero-order valence-corrected chi connectivity index (χ0v) is 36.4. The number of hydrogen-bond donors (Lipinski definition) is 2. The van der Waals surface area contributed by atoms with E-state index in [9.17, 15) is 14.4 Å². The number of aliphatic carboxylic acids is 1. The molecule has 0 rings (SSSR count). The number of aliphatic hydroxyl groups is 1. The molecule has 0 aliphatic heterocycles. The van der Waals surface area contributed by atoms with Crippen LogP contribution in [0.5, 0.6) is 0 Å². The minimum absolute atomic E-state index is 0.167. The number of rotatable bonds is 33. The van der Waals surface area contributed by atoms with Crippen molar-refractivity contribution in [2.45, 2.75) is 246 Å². The Morgan fingerprint density at radius 1 is 0.500 bits per heavy atom. The van der Waals surface area contributed by atoms with Gasteiger partial charge in [0.15, 0.2) is 0 Å². The van der Waals surface area contributed by atoms with Crippen LogP contribution in [0.25, 0.3) is 0 Å². The van der Waals surface area contributed by atoms with E-state index in [-0.39, 0.29) is 11.7 Å². The average molecular weight is 788 g/mol. The normalized spacial score (nSPS) is 9.94. The fourth-order valence-electron chi connectivity index (χ4n) is 5.14. The number of unbranched alkanes of at least 4 members (excludes halogenated alkanes) is 30. The number of aliphatic hydroxyl groups excluding tert-OH is 1. The maximum atomic E-state index is 10.0. The first-order chi connectivity index (χ1) is 24.2. The molecule has 0 aliphatic rings. The zero-order chi connectivity index (χ0) is 38.8. The molecule has 0 saturated heterocycles. The molecule has 296 valence electrons. The van der Waals surface area contributed by atoms with Crippen molar-refractivity contribution in [3.05, 3.63) is 12.2 Å². The molecule has 0 atom stereocenters. The topological polar surface area (TPSA) is 109 Å². The first-order valence-electron chi connectivity index (χ1n) is 20.7. The van der Waals surface area contributed by atoms with Crippen molar-refractivity contribution >= 4 is 18.5 Å². The molecule has 0 radical (unpaired) electrons. The van der Waals surface area contributed by atoms with E-state index in [1.807, 2.05) is 12.6 Å². The van der Waals surface area contributed by atoms with E-state index in [1.54, 1.807) is 13.8 Å². The van der Waals surface area contributed by atoms with Gasteiger partial charge >= 0.3 is 33.5 Å². The van der Waals surface area contributed by atoms with E-state index in [0.717, 1.165) is 12.8 Å². The Balaban J connectivity index is -0.000000204. The van der Waals surface area contributed by atoms with Crippen molar-refractivity contribution in [1.82, 2.24) is 0 Å². The van der Waals surface area contributed by atoms with Crippen LogP contribution in [0.3, 0.4) is 0 Å². The van der Waals surface area contributed by atoms with Gasteiger partial charge in [-0.2, -0.15) is 12.8 Å². The van der Waals surface area contributed by atoms with E-state index in [1.165, 1.54) is 187 Å². The van der Waals surface area contributed by atoms with E-state index < -0.39 is 5.97 Å². The summed E-state index contributed by atoms with van der Waals surface area (Å²) in [5, 5.41) is 15.9. The number of carboxylic acid groups (broad SMARTS) is 1. The molecular formula is C43H84O6Zr. The third-order valence-electron chi connectivity index (χ3n) is 8.13. The number of carbonyl (C=O) groups is 1. The second kappa shape index (κ2) is 60.3. The molecule has 50 heavy (non-hydrogen) atoms. The molecule has 0 aliphatic carbocycles. The summed E-state index contributed by atoms with van der Waals surface area (Å²) < 4.78 is 8.34. The molecule has 0 spiro atoms. The van der Waals surface area contributed by atoms with Crippen LogP contribution in [-0.2, 0) is 41.9 Å². The molecule has 7 heteroatoms. The van der Waals surface area contributed by atoms with Gasteiger partial charge in [0.2, 0.25) is 0 Å². The molecule has 0 aromatic rings. The van der Waals surface area contributed by atoms with Gasteiger partial charge in [-0.15, -0.1) is 0 Å². The molecule has 0 heterocycles. The van der Waals surface area contributed by atoms with Crippen molar-refractivity contribution < 1.29 is 52.1 Å². The molecule has 0 bridgehead atoms. The number of carboxylic acids is 1. The van der Waals surface area contributed by atoms with Crippen LogP contribution in [0.15, 0.2) is 12.2 Å². The zero-order valence-electron chi connectivity index (χ0n) is 33.9.